The fourth-order valence-electron chi connectivity index (χ4n) is 3.79. The van der Waals surface area contributed by atoms with Crippen LogP contribution in [0.5, 0.6) is 5.75 Å². The molecule has 0 heterocycles. The lowest BCUT2D eigenvalue weighted by Gasteiger charge is -2.27. The maximum Gasteiger partial charge on any atom is 0.140 e. The Morgan fingerprint density at radius 2 is 1.58 bits per heavy atom. The van der Waals surface area contributed by atoms with Crippen molar-refractivity contribution in [2.45, 2.75) is 44.9 Å². The minimum atomic E-state index is 0.100. The molecule has 0 radical (unpaired) electrons. The van der Waals surface area contributed by atoms with Crippen molar-refractivity contribution in [3.8, 4) is 16.9 Å². The fraction of sp³-hybridized carbons (Fsp3) is 0.409. The standard InChI is InChI=1S/C22H26O2/c1-3-4-16-5-14-21(22(23)15-16)19-8-6-17(7-9-19)18-10-12-20(24-2)13-11-18/h6-13,16,21H,3-5,14-15H2,1-2H3/t16-,21+/m1/s1. The van der Waals surface area contributed by atoms with Gasteiger partial charge in [-0.25, -0.2) is 0 Å². The third kappa shape index (κ3) is 3.69. The van der Waals surface area contributed by atoms with Crippen molar-refractivity contribution in [2.75, 3.05) is 7.11 Å². The van der Waals surface area contributed by atoms with Crippen LogP contribution in [0.1, 0.15) is 50.5 Å². The summed E-state index contributed by atoms with van der Waals surface area (Å²) < 4.78 is 5.20. The summed E-state index contributed by atoms with van der Waals surface area (Å²) in [5.41, 5.74) is 3.51. The van der Waals surface area contributed by atoms with Crippen LogP contribution in [-0.4, -0.2) is 12.9 Å². The van der Waals surface area contributed by atoms with Gasteiger partial charge >= 0.3 is 0 Å². The van der Waals surface area contributed by atoms with Gasteiger partial charge < -0.3 is 4.74 Å². The van der Waals surface area contributed by atoms with Crippen LogP contribution in [0.3, 0.4) is 0 Å². The van der Waals surface area contributed by atoms with E-state index in [0.717, 1.165) is 18.6 Å². The number of carbonyl (C=O) groups excluding carboxylic acids is 1. The van der Waals surface area contributed by atoms with E-state index in [1.165, 1.54) is 36.0 Å². The second kappa shape index (κ2) is 7.65. The van der Waals surface area contributed by atoms with Gasteiger partial charge in [-0.2, -0.15) is 0 Å². The Labute approximate surface area is 144 Å². The number of ketones is 1. The van der Waals surface area contributed by atoms with Crippen LogP contribution in [-0.2, 0) is 4.79 Å². The van der Waals surface area contributed by atoms with E-state index in [2.05, 4.69) is 43.3 Å². The number of rotatable bonds is 5. The topological polar surface area (TPSA) is 26.3 Å². The van der Waals surface area contributed by atoms with Crippen molar-refractivity contribution in [1.82, 2.24) is 0 Å². The van der Waals surface area contributed by atoms with Crippen molar-refractivity contribution in [3.63, 3.8) is 0 Å². The summed E-state index contributed by atoms with van der Waals surface area (Å²) in [6.45, 7) is 2.20. The molecule has 0 amide bonds. The molecule has 2 aromatic carbocycles. The molecule has 2 atom stereocenters. The Hall–Kier alpha value is -2.09. The predicted molar refractivity (Wildman–Crippen MR) is 98.4 cm³/mol. The molecule has 2 heteroatoms. The molecule has 0 N–H and O–H groups in total. The van der Waals surface area contributed by atoms with Crippen molar-refractivity contribution in [3.05, 3.63) is 54.1 Å². The van der Waals surface area contributed by atoms with Gasteiger partial charge in [0.15, 0.2) is 0 Å². The average molecular weight is 322 g/mol. The number of Topliss-reactive ketones (excluding diaryl/α,β-unsaturated/α-hetero) is 1. The van der Waals surface area contributed by atoms with Gasteiger partial charge in [0, 0.05) is 12.3 Å². The molecule has 126 valence electrons. The van der Waals surface area contributed by atoms with Crippen LogP contribution in [0, 0.1) is 5.92 Å². The maximum absolute atomic E-state index is 12.5. The smallest absolute Gasteiger partial charge is 0.140 e. The van der Waals surface area contributed by atoms with E-state index >= 15 is 0 Å². The highest BCUT2D eigenvalue weighted by atomic mass is 16.5. The van der Waals surface area contributed by atoms with E-state index < -0.39 is 0 Å². The molecule has 0 aliphatic heterocycles. The van der Waals surface area contributed by atoms with E-state index in [4.69, 9.17) is 4.74 Å². The van der Waals surface area contributed by atoms with Crippen LogP contribution in [0.2, 0.25) is 0 Å². The van der Waals surface area contributed by atoms with Gasteiger partial charge in [-0.1, -0.05) is 56.2 Å². The summed E-state index contributed by atoms with van der Waals surface area (Å²) in [6.07, 6.45) is 5.32. The molecule has 0 unspecified atom stereocenters. The molecule has 0 saturated heterocycles. The van der Waals surface area contributed by atoms with E-state index in [9.17, 15) is 4.79 Å². The summed E-state index contributed by atoms with van der Waals surface area (Å²) in [4.78, 5) is 12.5. The van der Waals surface area contributed by atoms with E-state index in [0.29, 0.717) is 11.7 Å². The van der Waals surface area contributed by atoms with Crippen molar-refractivity contribution in [2.24, 2.45) is 5.92 Å². The van der Waals surface area contributed by atoms with Crippen LogP contribution >= 0.6 is 0 Å². The summed E-state index contributed by atoms with van der Waals surface area (Å²) in [7, 11) is 1.68. The van der Waals surface area contributed by atoms with E-state index in [1.807, 2.05) is 12.1 Å². The quantitative estimate of drug-likeness (QED) is 0.714. The van der Waals surface area contributed by atoms with Gasteiger partial charge in [0.05, 0.1) is 7.11 Å². The number of carbonyl (C=O) groups is 1. The number of benzene rings is 2. The highest BCUT2D eigenvalue weighted by Crippen LogP contribution is 2.35. The maximum atomic E-state index is 12.5. The van der Waals surface area contributed by atoms with Crippen molar-refractivity contribution >= 4 is 5.78 Å². The zero-order valence-electron chi connectivity index (χ0n) is 14.6. The largest absolute Gasteiger partial charge is 0.497 e. The normalized spacial score (nSPS) is 20.8. The number of hydrogen-bond donors (Lipinski definition) is 0. The predicted octanol–water partition coefficient (Wildman–Crippen LogP) is 5.62. The first kappa shape index (κ1) is 16.8. The van der Waals surface area contributed by atoms with Gasteiger partial charge in [-0.05, 0) is 47.6 Å². The number of ether oxygens (including phenoxy) is 1. The lowest BCUT2D eigenvalue weighted by molar-refractivity contribution is -0.123. The molecule has 0 aromatic heterocycles. The first-order valence-electron chi connectivity index (χ1n) is 8.98. The van der Waals surface area contributed by atoms with E-state index in [-0.39, 0.29) is 5.92 Å². The van der Waals surface area contributed by atoms with Gasteiger partial charge in [0.25, 0.3) is 0 Å². The monoisotopic (exact) mass is 322 g/mol. The third-order valence-corrected chi connectivity index (χ3v) is 5.18. The summed E-state index contributed by atoms with van der Waals surface area (Å²) >= 11 is 0. The minimum absolute atomic E-state index is 0.100. The Balaban J connectivity index is 1.71. The van der Waals surface area contributed by atoms with Crippen LogP contribution in [0.15, 0.2) is 48.5 Å². The van der Waals surface area contributed by atoms with Gasteiger partial charge in [-0.15, -0.1) is 0 Å². The highest BCUT2D eigenvalue weighted by Gasteiger charge is 2.29. The molecule has 1 fully saturated rings. The summed E-state index contributed by atoms with van der Waals surface area (Å²) in [5.74, 6) is 2.00. The Bertz CT molecular complexity index is 670. The Morgan fingerprint density at radius 1 is 0.958 bits per heavy atom. The molecule has 2 nitrogen and oxygen atoms in total. The Kier molecular flexibility index (Phi) is 5.34. The van der Waals surface area contributed by atoms with Crippen molar-refractivity contribution < 1.29 is 9.53 Å². The van der Waals surface area contributed by atoms with Crippen LogP contribution < -0.4 is 4.74 Å². The van der Waals surface area contributed by atoms with Crippen LogP contribution in [0.25, 0.3) is 11.1 Å². The molecule has 2 aromatic rings. The van der Waals surface area contributed by atoms with E-state index in [1.54, 1.807) is 7.11 Å². The molecular weight excluding hydrogens is 296 g/mol. The first-order chi connectivity index (χ1) is 11.7. The molecule has 0 bridgehead atoms. The fourth-order valence-corrected chi connectivity index (χ4v) is 3.79. The van der Waals surface area contributed by atoms with Gasteiger partial charge in [0.2, 0.25) is 0 Å². The van der Waals surface area contributed by atoms with Gasteiger partial charge in [0.1, 0.15) is 11.5 Å². The SMILES string of the molecule is CCC[C@@H]1CC[C@@H](c2ccc(-c3ccc(OC)cc3)cc2)C(=O)C1. The average Bonchev–Trinajstić information content (AvgIpc) is 2.62. The second-order valence-corrected chi connectivity index (χ2v) is 6.81. The Morgan fingerprint density at radius 3 is 2.12 bits per heavy atom. The van der Waals surface area contributed by atoms with Crippen LogP contribution in [0.4, 0.5) is 0 Å². The molecule has 1 aliphatic carbocycles. The molecular formula is C22H26O2. The zero-order chi connectivity index (χ0) is 16.9. The molecule has 1 aliphatic rings. The summed E-state index contributed by atoms with van der Waals surface area (Å²) in [6, 6.07) is 16.6. The summed E-state index contributed by atoms with van der Waals surface area (Å²) in [5, 5.41) is 0. The van der Waals surface area contributed by atoms with Crippen molar-refractivity contribution in [1.29, 1.82) is 0 Å². The molecule has 3 rings (SSSR count). The second-order valence-electron chi connectivity index (χ2n) is 6.81. The molecule has 0 spiro atoms. The number of methoxy groups -OCH3 is 1. The number of hydrogen-bond acceptors (Lipinski definition) is 2. The molecule has 1 saturated carbocycles. The first-order valence-corrected chi connectivity index (χ1v) is 8.98. The molecule has 24 heavy (non-hydrogen) atoms. The zero-order valence-corrected chi connectivity index (χ0v) is 14.6. The van der Waals surface area contributed by atoms with Gasteiger partial charge in [-0.3, -0.25) is 4.79 Å². The lowest BCUT2D eigenvalue weighted by Crippen LogP contribution is -2.23. The highest BCUT2D eigenvalue weighted by molar-refractivity contribution is 5.86. The third-order valence-electron chi connectivity index (χ3n) is 5.18. The lowest BCUT2D eigenvalue weighted by atomic mass is 9.76. The minimum Gasteiger partial charge on any atom is -0.497 e.